The largest absolute Gasteiger partial charge is 0.785 e. The topological polar surface area (TPSA) is 26.3 Å². The molecule has 2 nitrogen and oxygen atoms in total. The van der Waals surface area contributed by atoms with Crippen LogP contribution in [0.4, 0.5) is 4.39 Å². The second kappa shape index (κ2) is 4.07. The van der Waals surface area contributed by atoms with Crippen molar-refractivity contribution < 1.29 is 4.39 Å². The van der Waals surface area contributed by atoms with Crippen molar-refractivity contribution in [2.75, 3.05) is 6.54 Å². The highest BCUT2D eigenvalue weighted by atomic mass is 19.1. The van der Waals surface area contributed by atoms with Gasteiger partial charge in [-0.05, 0) is 37.1 Å². The molecule has 0 saturated carbocycles. The molecule has 1 aliphatic rings. The molecule has 2 rings (SSSR count). The van der Waals surface area contributed by atoms with E-state index < -0.39 is 0 Å². The van der Waals surface area contributed by atoms with E-state index in [0.717, 1.165) is 29.9 Å². The minimum Gasteiger partial charge on any atom is -0.785 e. The van der Waals surface area contributed by atoms with Gasteiger partial charge in [-0.3, -0.25) is 0 Å². The fourth-order valence-electron chi connectivity index (χ4n) is 1.92. The summed E-state index contributed by atoms with van der Waals surface area (Å²) in [5.41, 5.74) is 0.932. The molecule has 3 heteroatoms. The molecule has 0 N–H and O–H groups in total. The van der Waals surface area contributed by atoms with E-state index in [1.807, 2.05) is 0 Å². The number of hydrogen-bond donors (Lipinski definition) is 0. The Morgan fingerprint density at radius 3 is 2.57 bits per heavy atom. The molecule has 0 spiro atoms. The van der Waals surface area contributed by atoms with Crippen molar-refractivity contribution in [3.63, 3.8) is 0 Å². The first kappa shape index (κ1) is 9.62. The van der Waals surface area contributed by atoms with Gasteiger partial charge in [-0.1, -0.05) is 18.6 Å². The van der Waals surface area contributed by atoms with Crippen LogP contribution in [-0.2, 0) is 0 Å². The Balaban J connectivity index is 2.16. The van der Waals surface area contributed by atoms with Crippen molar-refractivity contribution in [3.8, 4) is 0 Å². The third-order valence-corrected chi connectivity index (χ3v) is 2.71. The Morgan fingerprint density at radius 1 is 1.21 bits per heavy atom. The Hall–Kier alpha value is -0.930. The maximum Gasteiger partial charge on any atom is 0.123 e. The Morgan fingerprint density at radius 2 is 1.93 bits per heavy atom. The summed E-state index contributed by atoms with van der Waals surface area (Å²) >= 11 is 0. The van der Waals surface area contributed by atoms with E-state index in [9.17, 15) is 9.60 Å². The minimum atomic E-state index is -0.248. The van der Waals surface area contributed by atoms with Crippen LogP contribution < -0.4 is 0 Å². The fourth-order valence-corrected chi connectivity index (χ4v) is 1.92. The summed E-state index contributed by atoms with van der Waals surface area (Å²) in [6.07, 6.45) is 2.94. The highest BCUT2D eigenvalue weighted by Gasteiger charge is 2.16. The molecule has 1 fully saturated rings. The number of benzene rings is 1. The van der Waals surface area contributed by atoms with Crippen LogP contribution in [0, 0.1) is 11.0 Å². The standard InChI is InChI=1S/C11H13FNO/c12-10-6-4-9(5-7-10)11-3-1-2-8-13(11)14/h4-7,11H,1-3,8H2/q-1. The molecular weight excluding hydrogens is 181 g/mol. The van der Waals surface area contributed by atoms with E-state index in [2.05, 4.69) is 0 Å². The summed E-state index contributed by atoms with van der Waals surface area (Å²) in [5, 5.41) is 12.6. The van der Waals surface area contributed by atoms with Gasteiger partial charge in [0.25, 0.3) is 0 Å². The quantitative estimate of drug-likeness (QED) is 0.687. The molecule has 0 aliphatic carbocycles. The lowest BCUT2D eigenvalue weighted by molar-refractivity contribution is 0.216. The first-order valence-electron chi connectivity index (χ1n) is 4.96. The lowest BCUT2D eigenvalue weighted by Crippen LogP contribution is -2.27. The monoisotopic (exact) mass is 194 g/mol. The Labute approximate surface area is 82.9 Å². The SMILES string of the molecule is [O-]N1CCCCC1c1ccc(F)cc1. The van der Waals surface area contributed by atoms with Gasteiger partial charge in [0.2, 0.25) is 0 Å². The molecule has 76 valence electrons. The van der Waals surface area contributed by atoms with Crippen LogP contribution in [0.1, 0.15) is 30.9 Å². The molecule has 1 heterocycles. The lowest BCUT2D eigenvalue weighted by atomic mass is 9.97. The average Bonchev–Trinajstić information content (AvgIpc) is 2.20. The smallest absolute Gasteiger partial charge is 0.123 e. The number of halogens is 1. The van der Waals surface area contributed by atoms with Gasteiger partial charge >= 0.3 is 0 Å². The molecule has 1 aromatic carbocycles. The van der Waals surface area contributed by atoms with Gasteiger partial charge in [0.05, 0.1) is 0 Å². The van der Waals surface area contributed by atoms with Gasteiger partial charge < -0.3 is 10.3 Å². The number of piperidine rings is 1. The number of hydrogen-bond acceptors (Lipinski definition) is 2. The Kier molecular flexibility index (Phi) is 2.79. The van der Waals surface area contributed by atoms with Crippen molar-refractivity contribution >= 4 is 0 Å². The summed E-state index contributed by atoms with van der Waals surface area (Å²) in [7, 11) is 0. The summed E-state index contributed by atoms with van der Waals surface area (Å²) in [5.74, 6) is -0.248. The van der Waals surface area contributed by atoms with E-state index in [4.69, 9.17) is 0 Å². The van der Waals surface area contributed by atoms with E-state index in [-0.39, 0.29) is 11.9 Å². The van der Waals surface area contributed by atoms with Crippen molar-refractivity contribution in [1.82, 2.24) is 5.06 Å². The summed E-state index contributed by atoms with van der Waals surface area (Å²) in [6, 6.07) is 6.17. The van der Waals surface area contributed by atoms with Crippen LogP contribution in [0.5, 0.6) is 0 Å². The van der Waals surface area contributed by atoms with Crippen LogP contribution in [0.3, 0.4) is 0 Å². The number of nitrogens with zero attached hydrogens (tertiary/aromatic N) is 1. The molecule has 0 amide bonds. The molecule has 1 aromatic rings. The fraction of sp³-hybridized carbons (Fsp3) is 0.455. The zero-order valence-electron chi connectivity index (χ0n) is 7.95. The van der Waals surface area contributed by atoms with E-state index in [1.54, 1.807) is 12.1 Å². The first-order chi connectivity index (χ1) is 6.77. The molecule has 1 unspecified atom stereocenters. The van der Waals surface area contributed by atoms with Crippen molar-refractivity contribution in [1.29, 1.82) is 0 Å². The van der Waals surface area contributed by atoms with Crippen LogP contribution in [0.15, 0.2) is 24.3 Å². The lowest BCUT2D eigenvalue weighted by Gasteiger charge is -2.41. The molecule has 1 saturated heterocycles. The van der Waals surface area contributed by atoms with Gasteiger partial charge in [-0.25, -0.2) is 4.39 Å². The number of rotatable bonds is 1. The van der Waals surface area contributed by atoms with Crippen molar-refractivity contribution in [2.45, 2.75) is 25.3 Å². The Bertz CT molecular complexity index is 299. The predicted molar refractivity (Wildman–Crippen MR) is 53.1 cm³/mol. The van der Waals surface area contributed by atoms with Crippen LogP contribution in [0.25, 0.3) is 0 Å². The molecule has 0 radical (unpaired) electrons. The van der Waals surface area contributed by atoms with Gasteiger partial charge in [0, 0.05) is 6.04 Å². The molecule has 1 aliphatic heterocycles. The first-order valence-corrected chi connectivity index (χ1v) is 4.96. The van der Waals surface area contributed by atoms with E-state index in [0.29, 0.717) is 6.54 Å². The molecule has 1 atom stereocenters. The summed E-state index contributed by atoms with van der Waals surface area (Å²) in [6.45, 7) is 0.599. The maximum atomic E-state index is 12.7. The molecule has 0 bridgehead atoms. The van der Waals surface area contributed by atoms with Crippen molar-refractivity contribution in [2.24, 2.45) is 0 Å². The average molecular weight is 194 g/mol. The van der Waals surface area contributed by atoms with Gasteiger partial charge in [0.1, 0.15) is 5.82 Å². The van der Waals surface area contributed by atoms with Gasteiger partial charge in [0.15, 0.2) is 0 Å². The summed E-state index contributed by atoms with van der Waals surface area (Å²) < 4.78 is 12.7. The highest BCUT2D eigenvalue weighted by Crippen LogP contribution is 2.29. The minimum absolute atomic E-state index is 0.0654. The van der Waals surface area contributed by atoms with E-state index in [1.165, 1.54) is 12.1 Å². The highest BCUT2D eigenvalue weighted by molar-refractivity contribution is 5.20. The van der Waals surface area contributed by atoms with Crippen molar-refractivity contribution in [3.05, 3.63) is 40.9 Å². The zero-order valence-corrected chi connectivity index (χ0v) is 7.95. The number of hydroxylamine groups is 2. The van der Waals surface area contributed by atoms with Crippen LogP contribution >= 0.6 is 0 Å². The van der Waals surface area contributed by atoms with Crippen LogP contribution in [0.2, 0.25) is 0 Å². The zero-order chi connectivity index (χ0) is 9.97. The molecule has 14 heavy (non-hydrogen) atoms. The van der Waals surface area contributed by atoms with E-state index >= 15 is 0 Å². The second-order valence-electron chi connectivity index (χ2n) is 3.70. The van der Waals surface area contributed by atoms with Gasteiger partial charge in [-0.15, -0.1) is 0 Å². The van der Waals surface area contributed by atoms with Gasteiger partial charge in [-0.2, -0.15) is 0 Å². The third-order valence-electron chi connectivity index (χ3n) is 2.71. The van der Waals surface area contributed by atoms with Crippen LogP contribution in [-0.4, -0.2) is 11.6 Å². The maximum absolute atomic E-state index is 12.7. The predicted octanol–water partition coefficient (Wildman–Crippen LogP) is 2.85. The normalized spacial score (nSPS) is 23.7. The molecule has 0 aromatic heterocycles. The second-order valence-corrected chi connectivity index (χ2v) is 3.70. The molecular formula is C11H13FNO-. The summed E-state index contributed by atoms with van der Waals surface area (Å²) in [4.78, 5) is 0. The third kappa shape index (κ3) is 1.94.